The molecule has 0 heterocycles. The second-order valence-corrected chi connectivity index (χ2v) is 18.6. The summed E-state index contributed by atoms with van der Waals surface area (Å²) in [5.74, 6) is -0.591. The van der Waals surface area contributed by atoms with Crippen molar-refractivity contribution in [1.82, 2.24) is 4.90 Å². The highest BCUT2D eigenvalue weighted by atomic mass is 16.6. The van der Waals surface area contributed by atoms with Gasteiger partial charge < -0.3 is 23.8 Å². The molecule has 0 aromatic rings. The number of ether oxygens (including phenoxy) is 4. The van der Waals surface area contributed by atoms with Gasteiger partial charge in [0.2, 0.25) is 0 Å². The molecule has 0 aromatic heterocycles. The molecule has 9 nitrogen and oxygen atoms in total. The summed E-state index contributed by atoms with van der Waals surface area (Å²) in [6.45, 7) is 15.6. The molecule has 0 aromatic carbocycles. The van der Waals surface area contributed by atoms with Crippen LogP contribution in [0.3, 0.4) is 0 Å². The van der Waals surface area contributed by atoms with E-state index in [4.69, 9.17) is 18.9 Å². The predicted octanol–water partition coefficient (Wildman–Crippen LogP) is 15.1. The molecule has 0 aliphatic rings. The molecule has 63 heavy (non-hydrogen) atoms. The molecule has 9 heteroatoms. The first-order valence-electron chi connectivity index (χ1n) is 27.1. The molecule has 0 saturated carbocycles. The topological polar surface area (TPSA) is 108 Å². The molecule has 0 radical (unpaired) electrons. The summed E-state index contributed by atoms with van der Waals surface area (Å²) >= 11 is 0. The largest absolute Gasteiger partial charge is 0.466 e. The zero-order valence-corrected chi connectivity index (χ0v) is 42.4. The van der Waals surface area contributed by atoms with Gasteiger partial charge in [0, 0.05) is 25.7 Å². The smallest absolute Gasteiger partial charge is 0.306 e. The van der Waals surface area contributed by atoms with Gasteiger partial charge >= 0.3 is 23.9 Å². The maximum Gasteiger partial charge on any atom is 0.306 e. The van der Waals surface area contributed by atoms with E-state index >= 15 is 0 Å². The quantitative estimate of drug-likeness (QED) is 0.0335. The fourth-order valence-corrected chi connectivity index (χ4v) is 8.09. The van der Waals surface area contributed by atoms with E-state index in [1.165, 1.54) is 96.3 Å². The minimum absolute atomic E-state index is 0.00495. The first-order chi connectivity index (χ1) is 30.7. The van der Waals surface area contributed by atoms with E-state index in [9.17, 15) is 19.2 Å². The molecule has 0 aliphatic carbocycles. The first-order valence-corrected chi connectivity index (χ1v) is 27.1. The third kappa shape index (κ3) is 42.2. The first kappa shape index (κ1) is 60.8. The van der Waals surface area contributed by atoms with Gasteiger partial charge in [-0.2, -0.15) is 0 Å². The number of carbonyl (C=O) groups excluding carboxylic acids is 4. The lowest BCUT2D eigenvalue weighted by atomic mass is 10.0. The number of unbranched alkanes of at least 4 members (excludes halogenated alkanes) is 25. The zero-order chi connectivity index (χ0) is 46.4. The third-order valence-electron chi connectivity index (χ3n) is 12.5. The van der Waals surface area contributed by atoms with Crippen LogP contribution in [0.5, 0.6) is 0 Å². The van der Waals surface area contributed by atoms with Gasteiger partial charge in [0.1, 0.15) is 18.3 Å². The Labute approximate surface area is 389 Å². The minimum atomic E-state index is -0.475. The van der Waals surface area contributed by atoms with Crippen LogP contribution >= 0.6 is 0 Å². The molecule has 2 atom stereocenters. The highest BCUT2D eigenvalue weighted by molar-refractivity contribution is 5.70. The second-order valence-electron chi connectivity index (χ2n) is 18.6. The number of nitrogens with zero attached hydrogens (tertiary/aromatic N) is 1. The highest BCUT2D eigenvalue weighted by Crippen LogP contribution is 2.19. The van der Waals surface area contributed by atoms with Gasteiger partial charge in [-0.15, -0.1) is 0 Å². The Morgan fingerprint density at radius 1 is 0.365 bits per heavy atom. The summed E-state index contributed by atoms with van der Waals surface area (Å²) in [4.78, 5) is 51.8. The molecule has 2 unspecified atom stereocenters. The third-order valence-corrected chi connectivity index (χ3v) is 12.5. The van der Waals surface area contributed by atoms with Crippen molar-refractivity contribution in [2.75, 3.05) is 26.2 Å². The normalized spacial score (nSPS) is 12.4. The van der Waals surface area contributed by atoms with Crippen LogP contribution in [0.4, 0.5) is 0 Å². The number of hydrogen-bond donors (Lipinski definition) is 0. The van der Waals surface area contributed by atoms with Crippen molar-refractivity contribution in [2.24, 2.45) is 0 Å². The van der Waals surface area contributed by atoms with E-state index in [1.54, 1.807) is 20.8 Å². The van der Waals surface area contributed by atoms with Gasteiger partial charge in [-0.05, 0) is 104 Å². The van der Waals surface area contributed by atoms with E-state index in [2.05, 4.69) is 25.7 Å². The molecule has 0 spiro atoms. The average Bonchev–Trinajstić information content (AvgIpc) is 3.26. The Bertz CT molecular complexity index is 1040. The molecule has 0 aliphatic heterocycles. The van der Waals surface area contributed by atoms with Crippen molar-refractivity contribution < 1.29 is 38.1 Å². The van der Waals surface area contributed by atoms with Crippen molar-refractivity contribution in [3.8, 4) is 0 Å². The molecule has 0 saturated heterocycles. The fraction of sp³-hybridized carbons (Fsp3) is 0.926. The number of esters is 4. The molecule has 0 amide bonds. The summed E-state index contributed by atoms with van der Waals surface area (Å²) in [6, 6.07) is 0. The van der Waals surface area contributed by atoms with Crippen LogP contribution in [0.15, 0.2) is 0 Å². The summed E-state index contributed by atoms with van der Waals surface area (Å²) in [7, 11) is 0. The molecule has 0 N–H and O–H groups in total. The van der Waals surface area contributed by atoms with Crippen molar-refractivity contribution >= 4 is 23.9 Å². The molecule has 0 bridgehead atoms. The van der Waals surface area contributed by atoms with E-state index in [0.29, 0.717) is 32.3 Å². The Morgan fingerprint density at radius 3 is 1.16 bits per heavy atom. The van der Waals surface area contributed by atoms with Gasteiger partial charge in [-0.25, -0.2) is 0 Å². The molecular weight excluding hydrogens is 791 g/mol. The average molecular weight is 894 g/mol. The Hall–Kier alpha value is -2.16. The molecular formula is C54H103NO8. The summed E-state index contributed by atoms with van der Waals surface area (Å²) in [5.41, 5.74) is 0. The van der Waals surface area contributed by atoms with Crippen LogP contribution in [0, 0.1) is 0 Å². The lowest BCUT2D eigenvalue weighted by Crippen LogP contribution is -2.30. The molecule has 372 valence electrons. The second kappa shape index (κ2) is 46.4. The van der Waals surface area contributed by atoms with Crippen LogP contribution < -0.4 is 0 Å². The maximum atomic E-state index is 12.9. The van der Waals surface area contributed by atoms with Crippen LogP contribution in [0.25, 0.3) is 0 Å². The van der Waals surface area contributed by atoms with Gasteiger partial charge in [-0.3, -0.25) is 19.2 Å². The molecule has 0 fully saturated rings. The maximum absolute atomic E-state index is 12.9. The molecule has 0 rings (SSSR count). The Morgan fingerprint density at radius 2 is 0.698 bits per heavy atom. The van der Waals surface area contributed by atoms with Crippen molar-refractivity contribution in [3.63, 3.8) is 0 Å². The minimum Gasteiger partial charge on any atom is -0.466 e. The van der Waals surface area contributed by atoms with E-state index < -0.39 is 12.2 Å². The van der Waals surface area contributed by atoms with Crippen LogP contribution in [0.1, 0.15) is 279 Å². The highest BCUT2D eigenvalue weighted by Gasteiger charge is 2.20. The number of hydrogen-bond acceptors (Lipinski definition) is 9. The van der Waals surface area contributed by atoms with Crippen LogP contribution in [0.2, 0.25) is 0 Å². The van der Waals surface area contributed by atoms with Gasteiger partial charge in [0.15, 0.2) is 0 Å². The van der Waals surface area contributed by atoms with E-state index in [-0.39, 0.29) is 30.0 Å². The van der Waals surface area contributed by atoms with Crippen LogP contribution in [-0.2, 0) is 38.1 Å². The summed E-state index contributed by atoms with van der Waals surface area (Å²) < 4.78 is 22.4. The van der Waals surface area contributed by atoms with Crippen molar-refractivity contribution in [3.05, 3.63) is 0 Å². The lowest BCUT2D eigenvalue weighted by Gasteiger charge is -2.23. The lowest BCUT2D eigenvalue weighted by molar-refractivity contribution is -0.165. The Kier molecular flexibility index (Phi) is 44.8. The summed E-state index contributed by atoms with van der Waals surface area (Å²) in [6.07, 6.45) is 39.0. The number of carbonyl (C=O) groups is 4. The standard InChI is InChI=1S/C54H103NO8/c1-7-11-14-17-20-29-38-47-60-52(57)41-32-25-21-27-35-44-55(46-37-34-43-53(58)62-49(6)48(5)61-51(56)10-4)45-36-28-22-26-33-42-54(59)63-50(39-30-23-18-15-12-8-2)40-31-24-19-16-13-9-3/h48-50H,7-47H2,1-6H3. The summed E-state index contributed by atoms with van der Waals surface area (Å²) in [5, 5.41) is 0. The van der Waals surface area contributed by atoms with Gasteiger partial charge in [0.25, 0.3) is 0 Å². The monoisotopic (exact) mass is 894 g/mol. The predicted molar refractivity (Wildman–Crippen MR) is 262 cm³/mol. The SMILES string of the molecule is CCCCCCCCCOC(=O)CCCCCCCN(CCCCCCCC(=O)OC(CCCCCCCC)CCCCCCCC)CCCCC(=O)OC(C)C(C)OC(=O)CC. The number of rotatable bonds is 48. The van der Waals surface area contributed by atoms with E-state index in [0.717, 1.165) is 135 Å². The fourth-order valence-electron chi connectivity index (χ4n) is 8.09. The Balaban J connectivity index is 4.65. The van der Waals surface area contributed by atoms with Crippen molar-refractivity contribution in [2.45, 2.75) is 297 Å². The van der Waals surface area contributed by atoms with Crippen molar-refractivity contribution in [1.29, 1.82) is 0 Å². The van der Waals surface area contributed by atoms with E-state index in [1.807, 2.05) is 0 Å². The van der Waals surface area contributed by atoms with Gasteiger partial charge in [0.05, 0.1) is 6.61 Å². The van der Waals surface area contributed by atoms with Crippen LogP contribution in [-0.4, -0.2) is 73.3 Å². The van der Waals surface area contributed by atoms with Gasteiger partial charge in [-0.1, -0.05) is 169 Å². The zero-order valence-electron chi connectivity index (χ0n) is 42.4.